The van der Waals surface area contributed by atoms with E-state index in [2.05, 4.69) is 10.1 Å². The molecule has 0 bridgehead atoms. The van der Waals surface area contributed by atoms with E-state index in [1.54, 1.807) is 23.1 Å². The Morgan fingerprint density at radius 2 is 2.00 bits per heavy atom. The minimum atomic E-state index is -0.592. The number of benzene rings is 1. The van der Waals surface area contributed by atoms with Crippen LogP contribution in [0.1, 0.15) is 32.4 Å². The number of hydrogen-bond donors (Lipinski definition) is 1. The van der Waals surface area contributed by atoms with Crippen LogP contribution in [-0.4, -0.2) is 26.0 Å². The van der Waals surface area contributed by atoms with Crippen molar-refractivity contribution in [2.45, 2.75) is 39.3 Å². The fraction of sp³-hybridized carbons (Fsp3) is 0.467. The predicted molar refractivity (Wildman–Crippen MR) is 84.7 cm³/mol. The molecule has 2 rings (SSSR count). The van der Waals surface area contributed by atoms with Crippen LogP contribution < -0.4 is 0 Å². The lowest BCUT2D eigenvalue weighted by Crippen LogP contribution is -2.37. The molecule has 0 fully saturated rings. The smallest absolute Gasteiger partial charge is 0.137 e. The Morgan fingerprint density at radius 1 is 1.29 bits per heavy atom. The Bertz CT molecular complexity index is 593. The summed E-state index contributed by atoms with van der Waals surface area (Å²) >= 11 is 12.2. The van der Waals surface area contributed by atoms with Gasteiger partial charge in [-0.25, -0.2) is 9.67 Å². The Hall–Kier alpha value is -1.10. The summed E-state index contributed by atoms with van der Waals surface area (Å²) in [6.45, 7) is 5.97. The van der Waals surface area contributed by atoms with Gasteiger partial charge in [-0.1, -0.05) is 50.0 Å². The highest BCUT2D eigenvalue weighted by molar-refractivity contribution is 6.35. The highest BCUT2D eigenvalue weighted by Gasteiger charge is 2.32. The van der Waals surface area contributed by atoms with Gasteiger partial charge in [0.05, 0.1) is 12.1 Å². The summed E-state index contributed by atoms with van der Waals surface area (Å²) in [5, 5.41) is 16.0. The summed E-state index contributed by atoms with van der Waals surface area (Å²) in [5.41, 5.74) is 0.639. The van der Waals surface area contributed by atoms with E-state index in [-0.39, 0.29) is 11.5 Å². The van der Waals surface area contributed by atoms with Gasteiger partial charge in [-0.15, -0.1) is 0 Å². The van der Waals surface area contributed by atoms with E-state index in [0.717, 1.165) is 5.56 Å². The van der Waals surface area contributed by atoms with Crippen molar-refractivity contribution < 1.29 is 5.11 Å². The van der Waals surface area contributed by atoms with Gasteiger partial charge in [-0.2, -0.15) is 5.10 Å². The molecule has 0 unspecified atom stereocenters. The van der Waals surface area contributed by atoms with Crippen molar-refractivity contribution in [1.29, 1.82) is 0 Å². The van der Waals surface area contributed by atoms with E-state index in [9.17, 15) is 5.11 Å². The number of aromatic nitrogens is 3. The average molecular weight is 328 g/mol. The van der Waals surface area contributed by atoms with Gasteiger partial charge in [0, 0.05) is 10.0 Å². The van der Waals surface area contributed by atoms with E-state index in [1.807, 2.05) is 26.8 Å². The molecule has 0 saturated carbocycles. The van der Waals surface area contributed by atoms with E-state index in [4.69, 9.17) is 23.2 Å². The van der Waals surface area contributed by atoms with Crippen LogP contribution in [0.15, 0.2) is 30.9 Å². The third-order valence-electron chi connectivity index (χ3n) is 3.47. The largest absolute Gasteiger partial charge is 0.390 e. The average Bonchev–Trinajstić information content (AvgIpc) is 2.90. The monoisotopic (exact) mass is 327 g/mol. The Morgan fingerprint density at radius 3 is 2.52 bits per heavy atom. The second-order valence-corrected chi connectivity index (χ2v) is 7.04. The Labute approximate surface area is 134 Å². The van der Waals surface area contributed by atoms with Crippen molar-refractivity contribution in [2.75, 3.05) is 0 Å². The number of halogens is 2. The van der Waals surface area contributed by atoms with Gasteiger partial charge in [-0.3, -0.25) is 0 Å². The molecule has 21 heavy (non-hydrogen) atoms. The van der Waals surface area contributed by atoms with E-state index in [1.165, 1.54) is 6.33 Å². The van der Waals surface area contributed by atoms with Crippen LogP contribution in [0.3, 0.4) is 0 Å². The molecule has 0 aliphatic heterocycles. The minimum Gasteiger partial charge on any atom is -0.390 e. The van der Waals surface area contributed by atoms with E-state index < -0.39 is 6.10 Å². The summed E-state index contributed by atoms with van der Waals surface area (Å²) in [7, 11) is 0. The second kappa shape index (κ2) is 6.34. The maximum absolute atomic E-state index is 10.7. The molecule has 114 valence electrons. The van der Waals surface area contributed by atoms with Gasteiger partial charge >= 0.3 is 0 Å². The zero-order valence-corrected chi connectivity index (χ0v) is 13.8. The highest BCUT2D eigenvalue weighted by Crippen LogP contribution is 2.32. The first-order chi connectivity index (χ1) is 9.79. The van der Waals surface area contributed by atoms with Crippen LogP contribution >= 0.6 is 23.2 Å². The van der Waals surface area contributed by atoms with Crippen LogP contribution in [0.5, 0.6) is 0 Å². The van der Waals surface area contributed by atoms with Gasteiger partial charge in [0.25, 0.3) is 0 Å². The number of aliphatic hydroxyl groups is 1. The van der Waals surface area contributed by atoms with Crippen LogP contribution in [0.2, 0.25) is 10.0 Å². The summed E-state index contributed by atoms with van der Waals surface area (Å²) in [5.74, 6) is 0. The second-order valence-electron chi connectivity index (χ2n) is 6.19. The molecule has 1 N–H and O–H groups in total. The summed E-state index contributed by atoms with van der Waals surface area (Å²) in [6.07, 6.45) is 3.04. The van der Waals surface area contributed by atoms with E-state index in [0.29, 0.717) is 16.5 Å². The van der Waals surface area contributed by atoms with Crippen molar-refractivity contribution in [3.05, 3.63) is 46.5 Å². The third-order valence-corrected chi connectivity index (χ3v) is 4.06. The predicted octanol–water partition coefficient (Wildman–Crippen LogP) is 3.78. The lowest BCUT2D eigenvalue weighted by atomic mass is 9.82. The summed E-state index contributed by atoms with van der Waals surface area (Å²) in [6, 6.07) is 5.14. The van der Waals surface area contributed by atoms with Gasteiger partial charge in [0.15, 0.2) is 0 Å². The molecule has 1 heterocycles. The first-order valence-corrected chi connectivity index (χ1v) is 7.50. The van der Waals surface area contributed by atoms with Crippen molar-refractivity contribution in [3.63, 3.8) is 0 Å². The minimum absolute atomic E-state index is 0.244. The molecule has 0 saturated heterocycles. The first-order valence-electron chi connectivity index (χ1n) is 6.75. The molecule has 6 heteroatoms. The standard InChI is InChI=1S/C15H19Cl2N3O/c1-15(2,3)14(21)13(20-9-18-8-19-20)6-10-4-5-11(16)7-12(10)17/h4-5,7-9,13-14,21H,6H2,1-3H3/t13-,14+/m1/s1. The SMILES string of the molecule is CC(C)(C)[C@@H](O)[C@@H](Cc1ccc(Cl)cc1Cl)n1cncn1. The number of nitrogens with zero attached hydrogens (tertiary/aromatic N) is 3. The summed E-state index contributed by atoms with van der Waals surface area (Å²) < 4.78 is 1.68. The van der Waals surface area contributed by atoms with Gasteiger partial charge in [0.1, 0.15) is 12.7 Å². The lowest BCUT2D eigenvalue weighted by Gasteiger charge is -2.33. The molecular weight excluding hydrogens is 309 g/mol. The zero-order valence-electron chi connectivity index (χ0n) is 12.3. The maximum atomic E-state index is 10.7. The van der Waals surface area contributed by atoms with Crippen molar-refractivity contribution in [3.8, 4) is 0 Å². The van der Waals surface area contributed by atoms with Gasteiger partial charge < -0.3 is 5.11 Å². The quantitative estimate of drug-likeness (QED) is 0.929. The molecule has 1 aromatic carbocycles. The molecule has 0 spiro atoms. The fourth-order valence-corrected chi connectivity index (χ4v) is 2.71. The number of hydrogen-bond acceptors (Lipinski definition) is 3. The molecule has 2 atom stereocenters. The zero-order chi connectivity index (χ0) is 15.6. The molecule has 0 amide bonds. The number of aliphatic hydroxyl groups excluding tert-OH is 1. The van der Waals surface area contributed by atoms with Crippen molar-refractivity contribution in [2.24, 2.45) is 5.41 Å². The molecule has 4 nitrogen and oxygen atoms in total. The fourth-order valence-electron chi connectivity index (χ4n) is 2.23. The third kappa shape index (κ3) is 3.96. The first kappa shape index (κ1) is 16.3. The van der Waals surface area contributed by atoms with Crippen molar-refractivity contribution >= 4 is 23.2 Å². The normalized spacial score (nSPS) is 15.0. The Balaban J connectivity index is 2.33. The molecule has 2 aromatic rings. The topological polar surface area (TPSA) is 50.9 Å². The summed E-state index contributed by atoms with van der Waals surface area (Å²) in [4.78, 5) is 3.97. The lowest BCUT2D eigenvalue weighted by molar-refractivity contribution is 0.0124. The van der Waals surface area contributed by atoms with Crippen LogP contribution in [0.25, 0.3) is 0 Å². The van der Waals surface area contributed by atoms with Crippen molar-refractivity contribution in [1.82, 2.24) is 14.8 Å². The molecule has 0 aliphatic carbocycles. The van der Waals surface area contributed by atoms with Crippen LogP contribution in [0, 0.1) is 5.41 Å². The van der Waals surface area contributed by atoms with Gasteiger partial charge in [0.2, 0.25) is 0 Å². The molecule has 1 aromatic heterocycles. The molecule has 0 radical (unpaired) electrons. The molecular formula is C15H19Cl2N3O. The maximum Gasteiger partial charge on any atom is 0.137 e. The van der Waals surface area contributed by atoms with Gasteiger partial charge in [-0.05, 0) is 29.5 Å². The van der Waals surface area contributed by atoms with E-state index >= 15 is 0 Å². The molecule has 0 aliphatic rings. The highest BCUT2D eigenvalue weighted by atomic mass is 35.5. The van der Waals surface area contributed by atoms with Crippen LogP contribution in [-0.2, 0) is 6.42 Å². The van der Waals surface area contributed by atoms with Crippen LogP contribution in [0.4, 0.5) is 0 Å². The number of rotatable bonds is 4. The Kier molecular flexibility index (Phi) is 4.91.